The minimum Gasteiger partial charge on any atom is -0.497 e. The minimum atomic E-state index is -0.223. The highest BCUT2D eigenvalue weighted by Crippen LogP contribution is 2.25. The molecule has 1 N–H and O–H groups in total. The largest absolute Gasteiger partial charge is 0.497 e. The molecule has 6 heteroatoms. The molecule has 4 aromatic rings. The van der Waals surface area contributed by atoms with Gasteiger partial charge >= 0.3 is 0 Å². The maximum atomic E-state index is 13.2. The quantitative estimate of drug-likeness (QED) is 0.413. The van der Waals surface area contributed by atoms with Gasteiger partial charge in [0.2, 0.25) is 5.88 Å². The Labute approximate surface area is 193 Å². The van der Waals surface area contributed by atoms with E-state index in [0.29, 0.717) is 35.1 Å². The average Bonchev–Trinajstić information content (AvgIpc) is 2.86. The number of para-hydroxylation sites is 1. The second-order valence-electron chi connectivity index (χ2n) is 7.66. The average molecular weight is 443 g/mol. The molecule has 0 atom stereocenters. The Kier molecular flexibility index (Phi) is 6.74. The molecule has 0 saturated heterocycles. The molecular weight excluding hydrogens is 416 g/mol. The fourth-order valence-corrected chi connectivity index (χ4v) is 3.55. The van der Waals surface area contributed by atoms with Crippen molar-refractivity contribution in [2.24, 2.45) is 0 Å². The third kappa shape index (κ3) is 5.23. The number of carbonyl (C=O) groups excluding carboxylic acids is 1. The van der Waals surface area contributed by atoms with Crippen LogP contribution in [0.5, 0.6) is 17.4 Å². The van der Waals surface area contributed by atoms with Crippen molar-refractivity contribution >= 4 is 16.8 Å². The number of fused-ring (bicyclic) bond motifs is 1. The molecule has 6 nitrogen and oxygen atoms in total. The fourth-order valence-electron chi connectivity index (χ4n) is 3.55. The van der Waals surface area contributed by atoms with Crippen molar-refractivity contribution in [3.8, 4) is 17.4 Å². The summed E-state index contributed by atoms with van der Waals surface area (Å²) in [5.41, 5.74) is 4.24. The number of hydrogen-bond acceptors (Lipinski definition) is 5. The van der Waals surface area contributed by atoms with Gasteiger partial charge in [-0.2, -0.15) is 0 Å². The van der Waals surface area contributed by atoms with Crippen molar-refractivity contribution in [1.29, 1.82) is 0 Å². The van der Waals surface area contributed by atoms with E-state index in [9.17, 15) is 4.79 Å². The molecule has 4 rings (SSSR count). The summed E-state index contributed by atoms with van der Waals surface area (Å²) in [6, 6.07) is 22.8. The normalized spacial score (nSPS) is 10.6. The van der Waals surface area contributed by atoms with Crippen LogP contribution in [-0.4, -0.2) is 25.1 Å². The van der Waals surface area contributed by atoms with Gasteiger partial charge in [0.15, 0.2) is 0 Å². The van der Waals surface area contributed by atoms with Crippen LogP contribution in [0.2, 0.25) is 0 Å². The smallest absolute Gasteiger partial charge is 0.252 e. The van der Waals surface area contributed by atoms with Gasteiger partial charge < -0.3 is 19.5 Å². The van der Waals surface area contributed by atoms with Gasteiger partial charge in [0.25, 0.3) is 5.91 Å². The van der Waals surface area contributed by atoms with Crippen LogP contribution in [0.1, 0.15) is 27.0 Å². The number of benzene rings is 3. The Balaban J connectivity index is 1.57. The molecule has 1 heterocycles. The lowest BCUT2D eigenvalue weighted by atomic mass is 10.1. The molecule has 168 valence electrons. The number of methoxy groups -OCH3 is 2. The van der Waals surface area contributed by atoms with Crippen molar-refractivity contribution in [3.63, 3.8) is 0 Å². The molecule has 1 aromatic heterocycles. The number of hydrogen-bond donors (Lipinski definition) is 1. The summed E-state index contributed by atoms with van der Waals surface area (Å²) in [4.78, 5) is 17.8. The van der Waals surface area contributed by atoms with E-state index in [1.54, 1.807) is 20.3 Å². The number of amides is 1. The first-order chi connectivity index (χ1) is 16.1. The summed E-state index contributed by atoms with van der Waals surface area (Å²) in [5.74, 6) is 1.55. The summed E-state index contributed by atoms with van der Waals surface area (Å²) in [6.07, 6.45) is 0. The number of nitrogens with one attached hydrogen (secondary N) is 1. The zero-order valence-corrected chi connectivity index (χ0v) is 18.9. The van der Waals surface area contributed by atoms with E-state index in [1.165, 1.54) is 5.56 Å². The van der Waals surface area contributed by atoms with Crippen LogP contribution in [0.15, 0.2) is 72.8 Å². The molecule has 0 aliphatic heterocycles. The van der Waals surface area contributed by atoms with Gasteiger partial charge in [-0.3, -0.25) is 4.79 Å². The van der Waals surface area contributed by atoms with Gasteiger partial charge in [-0.05, 0) is 36.8 Å². The highest BCUT2D eigenvalue weighted by Gasteiger charge is 2.15. The molecular formula is C27H26N2O4. The summed E-state index contributed by atoms with van der Waals surface area (Å²) >= 11 is 0. The Bertz CT molecular complexity index is 1270. The van der Waals surface area contributed by atoms with Gasteiger partial charge in [0, 0.05) is 23.6 Å². The van der Waals surface area contributed by atoms with Crippen LogP contribution in [0.4, 0.5) is 0 Å². The highest BCUT2D eigenvalue weighted by atomic mass is 16.5. The number of rotatable bonds is 8. The lowest BCUT2D eigenvalue weighted by Gasteiger charge is -2.13. The van der Waals surface area contributed by atoms with Crippen LogP contribution in [0, 0.1) is 6.92 Å². The summed E-state index contributed by atoms with van der Waals surface area (Å²) < 4.78 is 16.6. The van der Waals surface area contributed by atoms with Crippen LogP contribution in [-0.2, 0) is 13.2 Å². The number of carbonyl (C=O) groups is 1. The van der Waals surface area contributed by atoms with E-state index in [0.717, 1.165) is 16.5 Å². The first kappa shape index (κ1) is 22.1. The third-order valence-corrected chi connectivity index (χ3v) is 5.37. The predicted molar refractivity (Wildman–Crippen MR) is 128 cm³/mol. The maximum absolute atomic E-state index is 13.2. The number of nitrogens with zero attached hydrogens (tertiary/aromatic N) is 1. The first-order valence-corrected chi connectivity index (χ1v) is 10.6. The molecule has 1 amide bonds. The Morgan fingerprint density at radius 1 is 0.939 bits per heavy atom. The molecule has 0 aliphatic carbocycles. The number of ether oxygens (including phenoxy) is 3. The van der Waals surface area contributed by atoms with Gasteiger partial charge in [0.05, 0.1) is 25.3 Å². The minimum absolute atomic E-state index is 0.223. The van der Waals surface area contributed by atoms with Crippen molar-refractivity contribution in [2.75, 3.05) is 14.2 Å². The van der Waals surface area contributed by atoms with Gasteiger partial charge in [-0.1, -0.05) is 48.0 Å². The van der Waals surface area contributed by atoms with E-state index in [1.807, 2.05) is 73.7 Å². The van der Waals surface area contributed by atoms with Crippen molar-refractivity contribution in [3.05, 3.63) is 95.1 Å². The van der Waals surface area contributed by atoms with Gasteiger partial charge in [-0.25, -0.2) is 4.98 Å². The molecule has 0 aliphatic rings. The summed E-state index contributed by atoms with van der Waals surface area (Å²) in [5, 5.41) is 3.74. The van der Waals surface area contributed by atoms with Crippen molar-refractivity contribution < 1.29 is 19.0 Å². The van der Waals surface area contributed by atoms with Crippen LogP contribution >= 0.6 is 0 Å². The highest BCUT2D eigenvalue weighted by molar-refractivity contribution is 6.06. The molecule has 0 spiro atoms. The third-order valence-electron chi connectivity index (χ3n) is 5.37. The van der Waals surface area contributed by atoms with E-state index in [-0.39, 0.29) is 12.5 Å². The molecule has 3 aromatic carbocycles. The predicted octanol–water partition coefficient (Wildman–Crippen LogP) is 5.07. The van der Waals surface area contributed by atoms with E-state index >= 15 is 0 Å². The Hall–Kier alpha value is -4.06. The van der Waals surface area contributed by atoms with Crippen molar-refractivity contribution in [1.82, 2.24) is 10.3 Å². The van der Waals surface area contributed by atoms with E-state index in [4.69, 9.17) is 14.2 Å². The van der Waals surface area contributed by atoms with Crippen LogP contribution in [0.3, 0.4) is 0 Å². The topological polar surface area (TPSA) is 69.7 Å². The monoisotopic (exact) mass is 442 g/mol. The zero-order valence-electron chi connectivity index (χ0n) is 18.9. The van der Waals surface area contributed by atoms with E-state index in [2.05, 4.69) is 10.3 Å². The maximum Gasteiger partial charge on any atom is 0.252 e. The molecule has 0 saturated carbocycles. The van der Waals surface area contributed by atoms with E-state index < -0.39 is 0 Å². The van der Waals surface area contributed by atoms with Gasteiger partial charge in [0.1, 0.15) is 18.1 Å². The fraction of sp³-hybridized carbons (Fsp3) is 0.185. The van der Waals surface area contributed by atoms with Crippen molar-refractivity contribution in [2.45, 2.75) is 20.1 Å². The molecule has 0 fully saturated rings. The zero-order chi connectivity index (χ0) is 23.2. The lowest BCUT2D eigenvalue weighted by molar-refractivity contribution is 0.0951. The number of aromatic nitrogens is 1. The Morgan fingerprint density at radius 3 is 2.48 bits per heavy atom. The lowest BCUT2D eigenvalue weighted by Crippen LogP contribution is -2.23. The first-order valence-electron chi connectivity index (χ1n) is 10.6. The molecule has 0 unspecified atom stereocenters. The standard InChI is InChI=1S/C27H26N2O4/c1-18-8-10-19(11-9-18)17-33-26-15-23(22-6-4-5-7-24(22)29-26)27(30)28-16-20-14-21(31-2)12-13-25(20)32-3/h4-15H,16-17H2,1-3H3,(H,28,30). The SMILES string of the molecule is COc1ccc(OC)c(CNC(=O)c2cc(OCc3ccc(C)cc3)nc3ccccc23)c1. The Morgan fingerprint density at radius 2 is 1.73 bits per heavy atom. The van der Waals surface area contributed by atoms with Gasteiger partial charge in [-0.15, -0.1) is 0 Å². The molecule has 0 bridgehead atoms. The van der Waals surface area contributed by atoms with Crippen LogP contribution in [0.25, 0.3) is 10.9 Å². The number of aryl methyl sites for hydroxylation is 1. The molecule has 33 heavy (non-hydrogen) atoms. The van der Waals surface area contributed by atoms with Crippen LogP contribution < -0.4 is 19.5 Å². The summed E-state index contributed by atoms with van der Waals surface area (Å²) in [6.45, 7) is 2.70. The molecule has 0 radical (unpaired) electrons. The second kappa shape index (κ2) is 10.0. The summed E-state index contributed by atoms with van der Waals surface area (Å²) in [7, 11) is 3.20. The number of pyridine rings is 1. The second-order valence-corrected chi connectivity index (χ2v) is 7.66.